The second-order valence-corrected chi connectivity index (χ2v) is 9.91. The quantitative estimate of drug-likeness (QED) is 0.225. The first-order valence-corrected chi connectivity index (χ1v) is 13.3. The third-order valence-corrected chi connectivity index (χ3v) is 6.98. The molecule has 206 valence electrons. The zero-order valence-electron chi connectivity index (χ0n) is 22.0. The topological polar surface area (TPSA) is 123 Å². The van der Waals surface area contributed by atoms with E-state index in [2.05, 4.69) is 15.5 Å². The van der Waals surface area contributed by atoms with E-state index in [0.717, 1.165) is 16.9 Å². The number of fused-ring (bicyclic) bond motifs is 2. The number of aryl methyl sites for hydroxylation is 1. The maximum Gasteiger partial charge on any atom is 0.303 e. The number of aromatic nitrogens is 3. The van der Waals surface area contributed by atoms with Crippen LogP contribution in [0.4, 0.5) is 15.8 Å². The van der Waals surface area contributed by atoms with Gasteiger partial charge >= 0.3 is 5.97 Å². The number of carboxylic acids is 1. The van der Waals surface area contributed by atoms with Crippen molar-refractivity contribution in [2.24, 2.45) is 4.99 Å². The summed E-state index contributed by atoms with van der Waals surface area (Å²) in [6.07, 6.45) is 3.80. The molecule has 1 atom stereocenters. The van der Waals surface area contributed by atoms with Crippen LogP contribution in [0.15, 0.2) is 87.1 Å². The number of hydrogen-bond acceptors (Lipinski definition) is 7. The van der Waals surface area contributed by atoms with E-state index in [9.17, 15) is 14.0 Å². The van der Waals surface area contributed by atoms with E-state index in [-0.39, 0.29) is 18.0 Å². The number of unbranched alkanes of at least 4 members (excludes halogenated alkanes) is 1. The fourth-order valence-corrected chi connectivity index (χ4v) is 4.96. The van der Waals surface area contributed by atoms with E-state index in [0.29, 0.717) is 59.6 Å². The number of nitrogens with one attached hydrogen (secondary N) is 1. The fraction of sp³-hybridized carbons (Fsp3) is 0.194. The molecule has 0 fully saturated rings. The van der Waals surface area contributed by atoms with Crippen molar-refractivity contribution in [2.45, 2.75) is 38.1 Å². The number of aliphatic carboxylic acids is 1. The molecule has 0 bridgehead atoms. The van der Waals surface area contributed by atoms with E-state index in [1.54, 1.807) is 18.2 Å². The summed E-state index contributed by atoms with van der Waals surface area (Å²) in [6, 6.07) is 20.6. The van der Waals surface area contributed by atoms with Crippen molar-refractivity contribution < 1.29 is 18.8 Å². The molecule has 3 heterocycles. The van der Waals surface area contributed by atoms with Gasteiger partial charge in [0.2, 0.25) is 0 Å². The molecule has 3 aromatic carbocycles. The summed E-state index contributed by atoms with van der Waals surface area (Å²) >= 11 is 0. The Labute approximate surface area is 234 Å². The Hall–Kier alpha value is -5.12. The number of anilines is 1. The average Bonchev–Trinajstić information content (AvgIpc) is 3.44. The highest BCUT2D eigenvalue weighted by Crippen LogP contribution is 2.29. The van der Waals surface area contributed by atoms with Crippen LogP contribution >= 0.6 is 0 Å². The van der Waals surface area contributed by atoms with Gasteiger partial charge in [-0.2, -0.15) is 0 Å². The molecule has 2 N–H and O–H groups in total. The average molecular weight is 552 g/mol. The molecule has 0 saturated heterocycles. The minimum atomic E-state index is -0.875. The summed E-state index contributed by atoms with van der Waals surface area (Å²) in [6.45, 7) is 0. The monoisotopic (exact) mass is 551 g/mol. The Morgan fingerprint density at radius 1 is 1.05 bits per heavy atom. The van der Waals surface area contributed by atoms with Gasteiger partial charge in [0.25, 0.3) is 5.56 Å². The van der Waals surface area contributed by atoms with E-state index in [1.165, 1.54) is 28.8 Å². The first kappa shape index (κ1) is 26.1. The SMILES string of the molecule is O=C(O)CCCCc1nc2cc(-c3cc(CC4C=Nc5ccccc5N4)on3)ccc2c(=O)n1-c1ccc(F)cc1. The van der Waals surface area contributed by atoms with E-state index in [4.69, 9.17) is 14.6 Å². The number of carboxylic acid groups (broad SMARTS) is 1. The second kappa shape index (κ2) is 11.2. The Balaban J connectivity index is 1.29. The van der Waals surface area contributed by atoms with Crippen LogP contribution in [-0.2, 0) is 17.6 Å². The van der Waals surface area contributed by atoms with Crippen LogP contribution in [0.25, 0.3) is 27.8 Å². The van der Waals surface area contributed by atoms with Gasteiger partial charge in [0.15, 0.2) is 0 Å². The normalized spacial score (nSPS) is 14.1. The highest BCUT2D eigenvalue weighted by molar-refractivity contribution is 5.84. The molecule has 5 aromatic rings. The highest BCUT2D eigenvalue weighted by atomic mass is 19.1. The summed E-state index contributed by atoms with van der Waals surface area (Å²) in [5.41, 5.74) is 3.91. The molecule has 1 aliphatic heterocycles. The Kier molecular flexibility index (Phi) is 7.11. The van der Waals surface area contributed by atoms with Crippen LogP contribution < -0.4 is 10.9 Å². The van der Waals surface area contributed by atoms with Gasteiger partial charge in [-0.25, -0.2) is 9.37 Å². The second-order valence-electron chi connectivity index (χ2n) is 9.91. The summed E-state index contributed by atoms with van der Waals surface area (Å²) in [4.78, 5) is 33.9. The number of aliphatic imine (C=N–C) groups is 1. The zero-order valence-corrected chi connectivity index (χ0v) is 22.0. The van der Waals surface area contributed by atoms with Gasteiger partial charge in [-0.05, 0) is 61.4 Å². The summed E-state index contributed by atoms with van der Waals surface area (Å²) in [7, 11) is 0. The third kappa shape index (κ3) is 5.62. The molecule has 6 rings (SSSR count). The number of para-hydroxylation sites is 2. The molecule has 1 unspecified atom stereocenters. The number of hydrogen-bond donors (Lipinski definition) is 2. The molecular weight excluding hydrogens is 525 g/mol. The van der Waals surface area contributed by atoms with Crippen LogP contribution in [0.1, 0.15) is 30.8 Å². The van der Waals surface area contributed by atoms with E-state index >= 15 is 0 Å². The van der Waals surface area contributed by atoms with Crippen molar-refractivity contribution in [2.75, 3.05) is 5.32 Å². The fourth-order valence-electron chi connectivity index (χ4n) is 4.96. The molecule has 2 aromatic heterocycles. The van der Waals surface area contributed by atoms with Crippen LogP contribution in [0, 0.1) is 5.82 Å². The summed E-state index contributed by atoms with van der Waals surface area (Å²) in [5, 5.41) is 17.1. The van der Waals surface area contributed by atoms with Gasteiger partial charge in [-0.1, -0.05) is 23.4 Å². The molecule has 41 heavy (non-hydrogen) atoms. The van der Waals surface area contributed by atoms with Crippen LogP contribution in [0.5, 0.6) is 0 Å². The predicted octanol–water partition coefficient (Wildman–Crippen LogP) is 5.72. The van der Waals surface area contributed by atoms with Crippen molar-refractivity contribution >= 4 is 34.5 Å². The number of carbonyl (C=O) groups is 1. The Bertz CT molecular complexity index is 1830. The number of halogens is 1. The molecule has 0 radical (unpaired) electrons. The lowest BCUT2D eigenvalue weighted by molar-refractivity contribution is -0.137. The molecular formula is C31H26FN5O4. The Morgan fingerprint density at radius 3 is 2.71 bits per heavy atom. The largest absolute Gasteiger partial charge is 0.481 e. The summed E-state index contributed by atoms with van der Waals surface area (Å²) in [5.74, 6) is -0.130. The van der Waals surface area contributed by atoms with Crippen LogP contribution in [0.2, 0.25) is 0 Å². The molecule has 1 aliphatic rings. The van der Waals surface area contributed by atoms with Crippen LogP contribution in [0.3, 0.4) is 0 Å². The number of nitrogens with zero attached hydrogens (tertiary/aromatic N) is 4. The van der Waals surface area contributed by atoms with Gasteiger partial charge in [0.05, 0.1) is 34.0 Å². The van der Waals surface area contributed by atoms with Gasteiger partial charge in [-0.3, -0.25) is 19.1 Å². The van der Waals surface area contributed by atoms with Crippen molar-refractivity contribution in [3.8, 4) is 16.9 Å². The van der Waals surface area contributed by atoms with Gasteiger partial charge in [0, 0.05) is 37.1 Å². The maximum atomic E-state index is 13.6. The van der Waals surface area contributed by atoms with Crippen molar-refractivity contribution in [3.63, 3.8) is 0 Å². The molecule has 0 amide bonds. The Morgan fingerprint density at radius 2 is 1.88 bits per heavy atom. The number of rotatable bonds is 9. The lowest BCUT2D eigenvalue weighted by Gasteiger charge is -2.20. The van der Waals surface area contributed by atoms with Crippen molar-refractivity contribution in [1.82, 2.24) is 14.7 Å². The van der Waals surface area contributed by atoms with E-state index < -0.39 is 11.8 Å². The van der Waals surface area contributed by atoms with Gasteiger partial charge in [0.1, 0.15) is 23.1 Å². The number of benzene rings is 3. The smallest absolute Gasteiger partial charge is 0.303 e. The lowest BCUT2D eigenvalue weighted by Crippen LogP contribution is -2.25. The van der Waals surface area contributed by atoms with E-state index in [1.807, 2.05) is 36.5 Å². The molecule has 0 saturated carbocycles. The van der Waals surface area contributed by atoms with Gasteiger partial charge < -0.3 is 14.9 Å². The van der Waals surface area contributed by atoms with Crippen LogP contribution in [-0.4, -0.2) is 38.0 Å². The maximum absolute atomic E-state index is 13.6. The predicted molar refractivity (Wildman–Crippen MR) is 154 cm³/mol. The minimum absolute atomic E-state index is 0.0295. The first-order chi connectivity index (χ1) is 19.9. The first-order valence-electron chi connectivity index (χ1n) is 13.3. The van der Waals surface area contributed by atoms with Crippen molar-refractivity contribution in [1.29, 1.82) is 0 Å². The molecule has 10 heteroatoms. The highest BCUT2D eigenvalue weighted by Gasteiger charge is 2.18. The minimum Gasteiger partial charge on any atom is -0.481 e. The summed E-state index contributed by atoms with van der Waals surface area (Å²) < 4.78 is 20.7. The standard InChI is InChI=1S/C31H26FN5O4/c32-20-10-12-22(13-11-20)37-29(7-3-4-8-30(38)39)35-28-15-19(9-14-24(28)31(37)40)27-17-23(41-36-27)16-21-18-33-25-5-1-2-6-26(25)34-21/h1-2,5-6,9-15,17-18,21,34H,3-4,7-8,16H2,(H,38,39). The third-order valence-electron chi connectivity index (χ3n) is 6.98. The molecule has 0 spiro atoms. The zero-order chi connectivity index (χ0) is 28.3. The van der Waals surface area contributed by atoms with Crippen molar-refractivity contribution in [3.05, 3.63) is 101 Å². The molecule has 9 nitrogen and oxygen atoms in total. The van der Waals surface area contributed by atoms with Gasteiger partial charge in [-0.15, -0.1) is 0 Å². The molecule has 0 aliphatic carbocycles. The lowest BCUT2D eigenvalue weighted by atomic mass is 10.1.